The van der Waals surface area contributed by atoms with Gasteiger partial charge in [0.2, 0.25) is 0 Å². The zero-order chi connectivity index (χ0) is 18.1. The van der Waals surface area contributed by atoms with Crippen LogP contribution in [0.2, 0.25) is 0 Å². The van der Waals surface area contributed by atoms with E-state index in [0.29, 0.717) is 25.1 Å². The Balaban J connectivity index is 1.76. The molecule has 0 radical (unpaired) electrons. The Morgan fingerprint density at radius 3 is 2.62 bits per heavy atom. The molecule has 4 rings (SSSR count). The van der Waals surface area contributed by atoms with Gasteiger partial charge in [0.15, 0.2) is 11.5 Å². The fraction of sp³-hybridized carbons (Fsp3) is 0.235. The molecule has 0 aliphatic carbocycles. The Morgan fingerprint density at radius 2 is 1.85 bits per heavy atom. The highest BCUT2D eigenvalue weighted by Gasteiger charge is 2.34. The molecule has 0 saturated carbocycles. The molecular weight excluding hydrogens is 345 g/mol. The van der Waals surface area contributed by atoms with Gasteiger partial charge in [-0.2, -0.15) is 13.2 Å². The maximum absolute atomic E-state index is 13.3. The summed E-state index contributed by atoms with van der Waals surface area (Å²) in [7, 11) is 0. The average molecular weight is 358 g/mol. The molecule has 3 aromatic rings. The molecule has 3 aromatic heterocycles. The summed E-state index contributed by atoms with van der Waals surface area (Å²) in [5.74, 6) is 0.245. The van der Waals surface area contributed by atoms with Crippen molar-refractivity contribution in [1.82, 2.24) is 24.9 Å². The number of aromatic nitrogens is 5. The molecule has 0 spiro atoms. The van der Waals surface area contributed by atoms with Crippen molar-refractivity contribution in [2.45, 2.75) is 19.1 Å². The highest BCUT2D eigenvalue weighted by Crippen LogP contribution is 2.32. The summed E-state index contributed by atoms with van der Waals surface area (Å²) in [5.41, 5.74) is 1.31. The van der Waals surface area contributed by atoms with E-state index >= 15 is 0 Å². The van der Waals surface area contributed by atoms with Crippen LogP contribution in [0.25, 0.3) is 11.4 Å². The summed E-state index contributed by atoms with van der Waals surface area (Å²) >= 11 is 0. The standard InChI is InChI=1S/C17H13F3N6/c18-17(19,20)14-7-15(25-16(24-14)11-1-4-21-5-2-11)26-6-3-12-8-22-10-23-13(12)9-26/h1-2,4-5,7-8,10H,3,6,9H2. The van der Waals surface area contributed by atoms with E-state index < -0.39 is 11.9 Å². The highest BCUT2D eigenvalue weighted by molar-refractivity contribution is 5.58. The van der Waals surface area contributed by atoms with Crippen molar-refractivity contribution in [3.63, 3.8) is 0 Å². The highest BCUT2D eigenvalue weighted by atomic mass is 19.4. The normalized spacial score (nSPS) is 14.2. The van der Waals surface area contributed by atoms with Gasteiger partial charge in [-0.1, -0.05) is 0 Å². The Bertz CT molecular complexity index is 929. The van der Waals surface area contributed by atoms with E-state index in [4.69, 9.17) is 0 Å². The third-order valence-corrected chi connectivity index (χ3v) is 4.14. The van der Waals surface area contributed by atoms with E-state index in [1.54, 1.807) is 23.2 Å². The van der Waals surface area contributed by atoms with E-state index in [1.807, 2.05) is 0 Å². The zero-order valence-electron chi connectivity index (χ0n) is 13.5. The Morgan fingerprint density at radius 1 is 1.04 bits per heavy atom. The van der Waals surface area contributed by atoms with Crippen LogP contribution >= 0.6 is 0 Å². The first-order chi connectivity index (χ1) is 12.5. The van der Waals surface area contributed by atoms with Gasteiger partial charge in [-0.15, -0.1) is 0 Å². The number of halogens is 3. The molecule has 4 heterocycles. The molecule has 0 fully saturated rings. The average Bonchev–Trinajstić information content (AvgIpc) is 2.67. The van der Waals surface area contributed by atoms with Gasteiger partial charge in [0, 0.05) is 36.8 Å². The molecule has 9 heteroatoms. The summed E-state index contributed by atoms with van der Waals surface area (Å²) in [6.07, 6.45) is 2.25. The second kappa shape index (κ2) is 6.32. The summed E-state index contributed by atoms with van der Waals surface area (Å²) in [5, 5.41) is 0. The first kappa shape index (κ1) is 16.4. The van der Waals surface area contributed by atoms with Crippen molar-refractivity contribution in [1.29, 1.82) is 0 Å². The van der Waals surface area contributed by atoms with Gasteiger partial charge in [-0.3, -0.25) is 4.98 Å². The van der Waals surface area contributed by atoms with Crippen LogP contribution in [0.15, 0.2) is 43.1 Å². The van der Waals surface area contributed by atoms with Gasteiger partial charge in [-0.05, 0) is 24.1 Å². The third kappa shape index (κ3) is 3.19. The van der Waals surface area contributed by atoms with Crippen molar-refractivity contribution in [2.75, 3.05) is 11.4 Å². The Labute approximate surface area is 146 Å². The fourth-order valence-corrected chi connectivity index (χ4v) is 2.82. The lowest BCUT2D eigenvalue weighted by Gasteiger charge is -2.29. The minimum atomic E-state index is -4.56. The molecule has 1 aliphatic rings. The van der Waals surface area contributed by atoms with Crippen LogP contribution in [0.5, 0.6) is 0 Å². The Kier molecular flexibility index (Phi) is 3.98. The summed E-state index contributed by atoms with van der Waals surface area (Å²) in [4.78, 5) is 21.9. The molecule has 0 aromatic carbocycles. The molecule has 0 N–H and O–H groups in total. The quantitative estimate of drug-likeness (QED) is 0.702. The van der Waals surface area contributed by atoms with Crippen molar-refractivity contribution < 1.29 is 13.2 Å². The number of fused-ring (bicyclic) bond motifs is 1. The smallest absolute Gasteiger partial charge is 0.350 e. The van der Waals surface area contributed by atoms with Gasteiger partial charge in [0.25, 0.3) is 0 Å². The Hall–Kier alpha value is -3.10. The predicted molar refractivity (Wildman–Crippen MR) is 87.1 cm³/mol. The van der Waals surface area contributed by atoms with Crippen LogP contribution in [0.4, 0.5) is 19.0 Å². The molecule has 0 saturated heterocycles. The van der Waals surface area contributed by atoms with Gasteiger partial charge < -0.3 is 4.90 Å². The first-order valence-corrected chi connectivity index (χ1v) is 7.90. The molecule has 0 bridgehead atoms. The zero-order valence-corrected chi connectivity index (χ0v) is 13.5. The maximum Gasteiger partial charge on any atom is 0.433 e. The number of alkyl halides is 3. The van der Waals surface area contributed by atoms with Crippen LogP contribution < -0.4 is 4.90 Å². The SMILES string of the molecule is FC(F)(F)c1cc(N2CCc3cncnc3C2)nc(-c2ccncc2)n1. The topological polar surface area (TPSA) is 67.7 Å². The van der Waals surface area contributed by atoms with Crippen molar-refractivity contribution in [3.8, 4) is 11.4 Å². The maximum atomic E-state index is 13.3. The van der Waals surface area contributed by atoms with Crippen LogP contribution in [-0.2, 0) is 19.1 Å². The number of hydrogen-bond acceptors (Lipinski definition) is 6. The van der Waals surface area contributed by atoms with Crippen LogP contribution in [0.3, 0.4) is 0 Å². The molecule has 132 valence electrons. The van der Waals surface area contributed by atoms with Crippen molar-refractivity contribution >= 4 is 5.82 Å². The minimum Gasteiger partial charge on any atom is -0.350 e. The minimum absolute atomic E-state index is 0.0192. The van der Waals surface area contributed by atoms with Gasteiger partial charge in [-0.25, -0.2) is 19.9 Å². The van der Waals surface area contributed by atoms with Crippen LogP contribution in [0.1, 0.15) is 17.0 Å². The summed E-state index contributed by atoms with van der Waals surface area (Å²) in [6.45, 7) is 0.909. The molecular formula is C17H13F3N6. The largest absolute Gasteiger partial charge is 0.433 e. The number of hydrogen-bond donors (Lipinski definition) is 0. The monoisotopic (exact) mass is 358 g/mol. The second-order valence-corrected chi connectivity index (χ2v) is 5.83. The van der Waals surface area contributed by atoms with Crippen LogP contribution in [0, 0.1) is 0 Å². The number of anilines is 1. The molecule has 0 atom stereocenters. The fourth-order valence-electron chi connectivity index (χ4n) is 2.82. The third-order valence-electron chi connectivity index (χ3n) is 4.14. The van der Waals surface area contributed by atoms with Gasteiger partial charge in [0.05, 0.1) is 12.2 Å². The number of pyridine rings is 1. The summed E-state index contributed by atoms with van der Waals surface area (Å²) < 4.78 is 40.0. The molecule has 6 nitrogen and oxygen atoms in total. The molecule has 0 amide bonds. The number of nitrogens with zero attached hydrogens (tertiary/aromatic N) is 6. The predicted octanol–water partition coefficient (Wildman–Crippen LogP) is 2.91. The lowest BCUT2D eigenvalue weighted by molar-refractivity contribution is -0.141. The summed E-state index contributed by atoms with van der Waals surface area (Å²) in [6, 6.07) is 4.15. The lowest BCUT2D eigenvalue weighted by Crippen LogP contribution is -2.32. The lowest BCUT2D eigenvalue weighted by atomic mass is 10.1. The number of rotatable bonds is 2. The molecule has 1 aliphatic heterocycles. The van der Waals surface area contributed by atoms with E-state index in [-0.39, 0.29) is 11.6 Å². The van der Waals surface area contributed by atoms with E-state index in [1.165, 1.54) is 18.7 Å². The van der Waals surface area contributed by atoms with Crippen LogP contribution in [-0.4, -0.2) is 31.5 Å². The van der Waals surface area contributed by atoms with Crippen molar-refractivity contribution in [3.05, 3.63) is 60.1 Å². The van der Waals surface area contributed by atoms with E-state index in [0.717, 1.165) is 17.3 Å². The molecule has 26 heavy (non-hydrogen) atoms. The van der Waals surface area contributed by atoms with Gasteiger partial charge >= 0.3 is 6.18 Å². The van der Waals surface area contributed by atoms with Crippen molar-refractivity contribution in [2.24, 2.45) is 0 Å². The van der Waals surface area contributed by atoms with Gasteiger partial charge in [0.1, 0.15) is 12.1 Å². The van der Waals surface area contributed by atoms with E-state index in [9.17, 15) is 13.2 Å². The van der Waals surface area contributed by atoms with E-state index in [2.05, 4.69) is 24.9 Å². The molecule has 0 unspecified atom stereocenters. The second-order valence-electron chi connectivity index (χ2n) is 5.83. The first-order valence-electron chi connectivity index (χ1n) is 7.90.